The minimum absolute atomic E-state index is 0.113. The van der Waals surface area contributed by atoms with E-state index in [0.29, 0.717) is 36.8 Å². The second kappa shape index (κ2) is 8.50. The van der Waals surface area contributed by atoms with Crippen LogP contribution in [0.15, 0.2) is 24.4 Å². The molecule has 0 radical (unpaired) electrons. The van der Waals surface area contributed by atoms with E-state index in [2.05, 4.69) is 20.4 Å². The summed E-state index contributed by atoms with van der Waals surface area (Å²) < 4.78 is 35.2. The largest absolute Gasteiger partial charge is 0.383 e. The lowest BCUT2D eigenvalue weighted by molar-refractivity contribution is 0.184. The van der Waals surface area contributed by atoms with E-state index >= 15 is 0 Å². The molecule has 160 valence electrons. The van der Waals surface area contributed by atoms with Gasteiger partial charge in [0, 0.05) is 19.7 Å². The highest BCUT2D eigenvalue weighted by Crippen LogP contribution is 2.37. The molecule has 7 nitrogen and oxygen atoms in total. The van der Waals surface area contributed by atoms with Gasteiger partial charge in [0.05, 0.1) is 23.9 Å². The molecule has 0 unspecified atom stereocenters. The molecule has 10 heteroatoms. The molecule has 2 aromatic heterocycles. The van der Waals surface area contributed by atoms with E-state index in [1.165, 1.54) is 16.8 Å². The first-order valence-corrected chi connectivity index (χ1v) is 10.2. The summed E-state index contributed by atoms with van der Waals surface area (Å²) in [5.41, 5.74) is 6.48. The highest BCUT2D eigenvalue weighted by atomic mass is 35.5. The third-order valence-electron chi connectivity index (χ3n) is 5.60. The number of fused-ring (bicyclic) bond motifs is 1. The molecule has 0 atom stereocenters. The molecular weight excluding hydrogens is 414 g/mol. The zero-order chi connectivity index (χ0) is 21.3. The lowest BCUT2D eigenvalue weighted by Gasteiger charge is -2.37. The summed E-state index contributed by atoms with van der Waals surface area (Å²) in [5.74, 6) is -1.62. The van der Waals surface area contributed by atoms with Crippen molar-refractivity contribution in [3.63, 3.8) is 0 Å². The van der Waals surface area contributed by atoms with E-state index in [1.807, 2.05) is 0 Å². The van der Waals surface area contributed by atoms with Crippen molar-refractivity contribution in [1.29, 1.82) is 0 Å². The average molecular weight is 437 g/mol. The number of hydrogen-bond acceptors (Lipinski definition) is 6. The minimum atomic E-state index is -0.811. The van der Waals surface area contributed by atoms with Gasteiger partial charge in [-0.15, -0.1) is 5.10 Å². The first-order chi connectivity index (χ1) is 14.4. The molecule has 1 aromatic carbocycles. The summed E-state index contributed by atoms with van der Waals surface area (Å²) in [6, 6.07) is 3.94. The Labute approximate surface area is 177 Å². The molecule has 0 saturated heterocycles. The van der Waals surface area contributed by atoms with Gasteiger partial charge in [-0.25, -0.2) is 18.7 Å². The SMILES string of the molecule is COCCNC1CCC(N)(c2nc(-c3c(F)cccc3F)nn3c(Cl)cnc23)CC1. The summed E-state index contributed by atoms with van der Waals surface area (Å²) in [4.78, 5) is 8.81. The molecular formula is C20H23ClF2N6O. The number of hydrogen-bond donors (Lipinski definition) is 2. The van der Waals surface area contributed by atoms with Gasteiger partial charge in [0.15, 0.2) is 16.6 Å². The first-order valence-electron chi connectivity index (χ1n) is 9.80. The summed E-state index contributed by atoms with van der Waals surface area (Å²) in [5, 5.41) is 7.89. The first kappa shape index (κ1) is 21.0. The standard InChI is InChI=1S/C20H23ClF2N6O/c1-30-10-9-25-12-5-7-20(24,8-6-12)17-19-26-11-15(21)29(19)28-18(27-17)16-13(22)3-2-4-14(16)23/h2-4,11-12,25H,5-10,24H2,1H3. The molecule has 0 spiro atoms. The van der Waals surface area contributed by atoms with Crippen LogP contribution in [0.1, 0.15) is 31.4 Å². The van der Waals surface area contributed by atoms with Gasteiger partial charge in [0.25, 0.3) is 0 Å². The highest BCUT2D eigenvalue weighted by Gasteiger charge is 2.37. The van der Waals surface area contributed by atoms with E-state index in [4.69, 9.17) is 22.1 Å². The van der Waals surface area contributed by atoms with Crippen molar-refractivity contribution >= 4 is 17.2 Å². The van der Waals surface area contributed by atoms with Crippen LogP contribution in [0.5, 0.6) is 0 Å². The fraction of sp³-hybridized carbons (Fsp3) is 0.450. The van der Waals surface area contributed by atoms with E-state index < -0.39 is 17.2 Å². The normalized spacial score (nSPS) is 22.0. The Morgan fingerprint density at radius 2 is 2.00 bits per heavy atom. The Morgan fingerprint density at radius 3 is 2.67 bits per heavy atom. The number of aromatic nitrogens is 4. The van der Waals surface area contributed by atoms with Gasteiger partial charge in [-0.3, -0.25) is 0 Å². The maximum Gasteiger partial charge on any atom is 0.186 e. The molecule has 0 amide bonds. The van der Waals surface area contributed by atoms with Crippen molar-refractivity contribution in [1.82, 2.24) is 24.9 Å². The van der Waals surface area contributed by atoms with E-state index in [1.54, 1.807) is 7.11 Å². The topological polar surface area (TPSA) is 90.4 Å². The van der Waals surface area contributed by atoms with Crippen molar-refractivity contribution in [3.8, 4) is 11.4 Å². The molecule has 1 fully saturated rings. The highest BCUT2D eigenvalue weighted by molar-refractivity contribution is 6.29. The van der Waals surface area contributed by atoms with Crippen LogP contribution >= 0.6 is 11.6 Å². The van der Waals surface area contributed by atoms with Gasteiger partial charge >= 0.3 is 0 Å². The van der Waals surface area contributed by atoms with Crippen molar-refractivity contribution in [3.05, 3.63) is 46.9 Å². The van der Waals surface area contributed by atoms with E-state index in [0.717, 1.165) is 31.5 Å². The lowest BCUT2D eigenvalue weighted by Crippen LogP contribution is -2.46. The summed E-state index contributed by atoms with van der Waals surface area (Å²) in [6.45, 7) is 1.41. The van der Waals surface area contributed by atoms with Crippen LogP contribution in [0.3, 0.4) is 0 Å². The maximum atomic E-state index is 14.4. The molecule has 3 aromatic rings. The minimum Gasteiger partial charge on any atom is -0.383 e. The van der Waals surface area contributed by atoms with Crippen molar-refractivity contribution in [2.75, 3.05) is 20.3 Å². The predicted octanol–water partition coefficient (Wildman–Crippen LogP) is 3.06. The van der Waals surface area contributed by atoms with Crippen LogP contribution in [-0.4, -0.2) is 45.9 Å². The van der Waals surface area contributed by atoms with Gasteiger partial charge in [0.1, 0.15) is 17.3 Å². The zero-order valence-electron chi connectivity index (χ0n) is 16.5. The Hall–Kier alpha value is -2.20. The molecule has 3 N–H and O–H groups in total. The number of halogens is 3. The second-order valence-corrected chi connectivity index (χ2v) is 7.96. The van der Waals surface area contributed by atoms with Crippen LogP contribution in [0, 0.1) is 11.6 Å². The number of rotatable bonds is 6. The Bertz CT molecular complexity index is 1030. The predicted molar refractivity (Wildman–Crippen MR) is 109 cm³/mol. The fourth-order valence-corrected chi connectivity index (χ4v) is 4.11. The van der Waals surface area contributed by atoms with Crippen molar-refractivity contribution in [2.45, 2.75) is 37.3 Å². The van der Waals surface area contributed by atoms with Crippen LogP contribution in [0.4, 0.5) is 8.78 Å². The quantitative estimate of drug-likeness (QED) is 0.577. The molecule has 1 aliphatic rings. The third-order valence-corrected chi connectivity index (χ3v) is 5.85. The summed E-state index contributed by atoms with van der Waals surface area (Å²) in [6.07, 6.45) is 4.35. The molecule has 0 bridgehead atoms. The smallest absolute Gasteiger partial charge is 0.186 e. The Kier molecular flexibility index (Phi) is 5.97. The summed E-state index contributed by atoms with van der Waals surface area (Å²) in [7, 11) is 1.67. The number of nitrogens with one attached hydrogen (secondary N) is 1. The van der Waals surface area contributed by atoms with Crippen LogP contribution < -0.4 is 11.1 Å². The number of nitrogens with zero attached hydrogens (tertiary/aromatic N) is 4. The van der Waals surface area contributed by atoms with Crippen molar-refractivity contribution in [2.24, 2.45) is 5.73 Å². The average Bonchev–Trinajstić information content (AvgIpc) is 3.10. The van der Waals surface area contributed by atoms with Gasteiger partial charge in [-0.2, -0.15) is 4.52 Å². The van der Waals surface area contributed by atoms with Gasteiger partial charge in [0.2, 0.25) is 0 Å². The van der Waals surface area contributed by atoms with Crippen LogP contribution in [0.2, 0.25) is 5.15 Å². The number of methoxy groups -OCH3 is 1. The number of nitrogens with two attached hydrogens (primary N) is 1. The number of benzene rings is 1. The molecule has 1 aliphatic carbocycles. The monoisotopic (exact) mass is 436 g/mol. The molecule has 2 heterocycles. The second-order valence-electron chi connectivity index (χ2n) is 7.57. The maximum absolute atomic E-state index is 14.4. The number of imidazole rings is 1. The Morgan fingerprint density at radius 1 is 1.30 bits per heavy atom. The number of ether oxygens (including phenoxy) is 1. The van der Waals surface area contributed by atoms with Gasteiger partial charge in [-0.05, 0) is 37.8 Å². The molecule has 4 rings (SSSR count). The molecule has 30 heavy (non-hydrogen) atoms. The molecule has 0 aliphatic heterocycles. The van der Waals surface area contributed by atoms with E-state index in [9.17, 15) is 8.78 Å². The third kappa shape index (κ3) is 3.90. The lowest BCUT2D eigenvalue weighted by atomic mass is 9.78. The fourth-order valence-electron chi connectivity index (χ4n) is 3.94. The van der Waals surface area contributed by atoms with Crippen LogP contribution in [-0.2, 0) is 10.3 Å². The van der Waals surface area contributed by atoms with Gasteiger partial charge < -0.3 is 15.8 Å². The van der Waals surface area contributed by atoms with Crippen LogP contribution in [0.25, 0.3) is 17.0 Å². The van der Waals surface area contributed by atoms with Crippen molar-refractivity contribution < 1.29 is 13.5 Å². The molecule has 1 saturated carbocycles. The summed E-state index contributed by atoms with van der Waals surface area (Å²) >= 11 is 6.22. The van der Waals surface area contributed by atoms with Gasteiger partial charge in [-0.1, -0.05) is 17.7 Å². The Balaban J connectivity index is 1.72. The van der Waals surface area contributed by atoms with E-state index in [-0.39, 0.29) is 16.5 Å². The zero-order valence-corrected chi connectivity index (χ0v) is 17.3.